The number of phenolic OH excluding ortho intramolecular Hbond substituents is 1. The first-order valence-corrected chi connectivity index (χ1v) is 45.5. The molecule has 0 aliphatic carbocycles. The number of fused-ring (bicyclic) bond motifs is 3. The van der Waals surface area contributed by atoms with Crippen LogP contribution in [0.4, 0.5) is 0 Å². The zero-order chi connectivity index (χ0) is 95.9. The summed E-state index contributed by atoms with van der Waals surface area (Å²) >= 11 is 0.756. The number of likely N-dealkylation sites (N-methyl/N-ethyl adjacent to an activating group) is 3. The van der Waals surface area contributed by atoms with Gasteiger partial charge in [0, 0.05) is 111 Å². The van der Waals surface area contributed by atoms with E-state index >= 15 is 33.6 Å². The molecule has 2 saturated heterocycles. The number of nitrogens with one attached hydrogen (secondary N) is 13. The van der Waals surface area contributed by atoms with Gasteiger partial charge in [0.05, 0.1) is 31.1 Å². The first kappa shape index (κ1) is 104. The topological polar surface area (TPSA) is 596 Å². The number of hydrogen-bond donors (Lipinski definition) is 18. The van der Waals surface area contributed by atoms with Crippen LogP contribution in [0.2, 0.25) is 0 Å². The normalized spacial score (nSPS) is 24.2. The highest BCUT2D eigenvalue weighted by Crippen LogP contribution is 2.28. The first-order chi connectivity index (χ1) is 62.4. The molecule has 5 heterocycles. The number of aromatic amines is 3. The van der Waals surface area contributed by atoms with E-state index < -0.39 is 222 Å². The zero-order valence-electron chi connectivity index (χ0n) is 75.4. The van der Waals surface area contributed by atoms with Crippen molar-refractivity contribution < 1.29 is 96.8 Å². The van der Waals surface area contributed by atoms with E-state index in [0.29, 0.717) is 76.3 Å². The van der Waals surface area contributed by atoms with Gasteiger partial charge in [0.1, 0.15) is 84.8 Å². The number of nitrogens with zero attached hydrogens (tertiary/aromatic N) is 5. The number of ketones is 1. The lowest BCUT2D eigenvalue weighted by Gasteiger charge is -2.36. The van der Waals surface area contributed by atoms with Crippen LogP contribution < -0.4 is 64.6 Å². The standard InChI is InChI=1S/C90H126N20O20S/c1-10-12-26-71-85(125)98-51(5)78(118)106-70(81(121)96-45-77(116)117)47-131-48-76(115)99-66(36-53-29-31-58(112)32-30-53)87(127)107(7)52(6)79(119)103-68(41-75(92)114)89(129)110-34-20-28-72(110)86(126)102-65(40-57-44-93-49-97-57)83(123)101-64(35-50(3)4)82(122)100-63(25-18-19-33-91)74(113)39-54(37-55-42-94-61-23-16-14-21-59(55)61)80(120)105-69(46-111)84(124)104-67(38-56-43-95-62-24-17-15-22-60(56)62)88(128)109(9)73(27-13-11-2)90(130)108(71)8/h14-17,21-24,29-32,42-44,49-52,54,63-73,94-95,111-112H,10-13,18-20,25-28,33-41,45-48,91H2,1-9H3,(H2,92,114)(H,93,97)(H,96,121)(H,98,125)(H,99,115)(H,100,122)(H,101,123)(H,102,126)(H,103,119)(H,104,124)(H,105,120)(H,106,118)(H,116,117)/t51-,52-,54+,63-,64-,65-,66-,67-,68-,69-,70-,71-,72-,73-/m0/s1. The lowest BCUT2D eigenvalue weighted by molar-refractivity contribution is -0.149. The number of carbonyl (C=O) groups is 17. The van der Waals surface area contributed by atoms with Crippen LogP contribution in [-0.4, -0.2) is 293 Å². The van der Waals surface area contributed by atoms with Crippen LogP contribution in [0.5, 0.6) is 5.75 Å². The number of thioether (sulfide) groups is 1. The molecule has 0 saturated carbocycles. The summed E-state index contributed by atoms with van der Waals surface area (Å²) in [6.07, 6.45) is 6.29. The molecule has 15 amide bonds. The fraction of sp³-hybridized carbons (Fsp3) is 0.533. The number of rotatable bonds is 26. The highest BCUT2D eigenvalue weighted by atomic mass is 32.2. The molecule has 3 aromatic carbocycles. The van der Waals surface area contributed by atoms with E-state index in [0.717, 1.165) is 31.4 Å². The Balaban J connectivity index is 1.18. The molecule has 2 fully saturated rings. The molecular weight excluding hydrogens is 1710 g/mol. The van der Waals surface area contributed by atoms with Gasteiger partial charge in [0.25, 0.3) is 0 Å². The monoisotopic (exact) mass is 1840 g/mol. The van der Waals surface area contributed by atoms with Crippen molar-refractivity contribution in [3.63, 3.8) is 0 Å². The Hall–Kier alpha value is -12.8. The third-order valence-electron chi connectivity index (χ3n) is 23.5. The van der Waals surface area contributed by atoms with Gasteiger partial charge in [0.15, 0.2) is 5.78 Å². The number of amides is 15. The van der Waals surface area contributed by atoms with E-state index in [1.54, 1.807) is 74.8 Å². The van der Waals surface area contributed by atoms with Crippen molar-refractivity contribution in [3.05, 3.63) is 120 Å². The second-order valence-corrected chi connectivity index (χ2v) is 34.9. The van der Waals surface area contributed by atoms with E-state index in [9.17, 15) is 63.3 Å². The molecule has 2 aliphatic heterocycles. The second kappa shape index (κ2) is 50.4. The van der Waals surface area contributed by atoms with Crippen LogP contribution >= 0.6 is 11.8 Å². The Bertz CT molecular complexity index is 4990. The summed E-state index contributed by atoms with van der Waals surface area (Å²) in [6.45, 7) is 7.93. The lowest BCUT2D eigenvalue weighted by Crippen LogP contribution is -2.60. The number of aliphatic hydroxyl groups is 1. The van der Waals surface area contributed by atoms with Crippen molar-refractivity contribution in [1.29, 1.82) is 0 Å². The summed E-state index contributed by atoms with van der Waals surface area (Å²) in [5.41, 5.74) is 14.9. The number of hydrogen-bond acceptors (Lipinski definition) is 22. The maximum atomic E-state index is 15.6. The van der Waals surface area contributed by atoms with Gasteiger partial charge in [-0.3, -0.25) is 81.5 Å². The van der Waals surface area contributed by atoms with Gasteiger partial charge in [-0.15, -0.1) is 11.8 Å². The maximum Gasteiger partial charge on any atom is 0.322 e. The second-order valence-electron chi connectivity index (χ2n) is 33.8. The van der Waals surface area contributed by atoms with E-state index in [1.165, 1.54) is 71.8 Å². The Labute approximate surface area is 763 Å². The number of unbranched alkanes of at least 4 members (excludes halogenated alkanes) is 3. The number of benzene rings is 3. The molecule has 0 bridgehead atoms. The van der Waals surface area contributed by atoms with E-state index in [-0.39, 0.29) is 95.4 Å². The molecule has 0 spiro atoms. The number of carbonyl (C=O) groups excluding carboxylic acids is 16. The van der Waals surface area contributed by atoms with E-state index in [1.807, 2.05) is 13.8 Å². The Morgan fingerprint density at radius 2 is 1.15 bits per heavy atom. The summed E-state index contributed by atoms with van der Waals surface area (Å²) in [5, 5.41) is 58.6. The smallest absolute Gasteiger partial charge is 0.322 e. The van der Waals surface area contributed by atoms with Crippen LogP contribution in [0.15, 0.2) is 97.7 Å². The number of imidazole rings is 1. The van der Waals surface area contributed by atoms with Gasteiger partial charge in [-0.05, 0) is 125 Å². The van der Waals surface area contributed by atoms with Crippen molar-refractivity contribution in [2.24, 2.45) is 23.3 Å². The molecule has 8 rings (SSSR count). The van der Waals surface area contributed by atoms with Crippen molar-refractivity contribution in [1.82, 2.24) is 92.7 Å². The minimum atomic E-state index is -1.82. The molecule has 41 heteroatoms. The molecule has 40 nitrogen and oxygen atoms in total. The number of aromatic hydroxyl groups is 1. The quantitative estimate of drug-likeness (QED) is 0.0322. The number of primary amides is 1. The number of para-hydroxylation sites is 2. The maximum absolute atomic E-state index is 15.6. The SMILES string of the molecule is CCCC[C@H]1C(=O)N(C)[C@@H](CCCC)C(=O)N[C@@H](C)C(=O)N[C@H](C(=O)NCC(=O)O)CSCC(=O)N[C@@H](Cc2ccc(O)cc2)C(=O)N(C)[C@@H](C)C(=O)N[C@@H](CC(N)=O)C(=O)N2CCC[C@H]2C(=O)N[C@@H](Cc2cnc[nH]2)C(=O)N[C@@H](CC(C)C)C(=O)N[C@@H](CCCCN)C(=O)C[C@@H](Cc2c[nH]c3ccccc23)C(=O)N[C@@H](CO)C(=O)N[C@@H](Cc2c[nH]c3ccccc23)C(=O)N1C. The van der Waals surface area contributed by atoms with Crippen molar-refractivity contribution >= 4 is 134 Å². The highest BCUT2D eigenvalue weighted by molar-refractivity contribution is 8.00. The summed E-state index contributed by atoms with van der Waals surface area (Å²) in [4.78, 5) is 265. The highest BCUT2D eigenvalue weighted by Gasteiger charge is 2.44. The summed E-state index contributed by atoms with van der Waals surface area (Å²) in [5.74, 6) is -18.6. The molecular formula is C90H126N20O20S. The number of aliphatic carboxylic acids is 1. The van der Waals surface area contributed by atoms with Crippen LogP contribution in [0, 0.1) is 11.8 Å². The van der Waals surface area contributed by atoms with Crippen LogP contribution in [0.25, 0.3) is 21.8 Å². The van der Waals surface area contributed by atoms with Crippen molar-refractivity contribution in [3.8, 4) is 5.75 Å². The number of Topliss-reactive ketones (excluding diaryl/α,β-unsaturated/α-hetero) is 1. The van der Waals surface area contributed by atoms with Crippen LogP contribution in [-0.2, 0) is 107 Å². The fourth-order valence-electron chi connectivity index (χ4n) is 15.9. The number of aromatic nitrogens is 4. The Morgan fingerprint density at radius 1 is 0.573 bits per heavy atom. The van der Waals surface area contributed by atoms with Gasteiger partial charge in [0.2, 0.25) is 88.6 Å². The average Bonchev–Trinajstić information content (AvgIpc) is 1.72. The fourth-order valence-corrected chi connectivity index (χ4v) is 16.8. The van der Waals surface area contributed by atoms with Crippen LogP contribution in [0.1, 0.15) is 154 Å². The molecule has 2 aliphatic rings. The number of nitrogens with two attached hydrogens (primary N) is 2. The van der Waals surface area contributed by atoms with E-state index in [2.05, 4.69) is 73.1 Å². The van der Waals surface area contributed by atoms with Gasteiger partial charge in [-0.1, -0.05) is 102 Å². The summed E-state index contributed by atoms with van der Waals surface area (Å²) in [6, 6.07) is 0.337. The predicted octanol–water partition coefficient (Wildman–Crippen LogP) is 0.170. The number of phenols is 1. The molecule has 0 radical (unpaired) electrons. The van der Waals surface area contributed by atoms with Gasteiger partial charge in [-0.25, -0.2) is 4.98 Å². The summed E-state index contributed by atoms with van der Waals surface area (Å²) in [7, 11) is 3.94. The van der Waals surface area contributed by atoms with Gasteiger partial charge in [-0.2, -0.15) is 0 Å². The molecule has 0 unspecified atom stereocenters. The van der Waals surface area contributed by atoms with Crippen molar-refractivity contribution in [2.75, 3.05) is 58.9 Å². The average molecular weight is 1840 g/mol. The molecule has 712 valence electrons. The largest absolute Gasteiger partial charge is 0.508 e. The summed E-state index contributed by atoms with van der Waals surface area (Å²) < 4.78 is 0. The Kier molecular flexibility index (Phi) is 39.9. The van der Waals surface area contributed by atoms with Crippen molar-refractivity contribution in [2.45, 2.75) is 236 Å². The van der Waals surface area contributed by atoms with Gasteiger partial charge >= 0.3 is 5.97 Å². The van der Waals surface area contributed by atoms with E-state index in [4.69, 9.17) is 11.5 Å². The predicted molar refractivity (Wildman–Crippen MR) is 485 cm³/mol. The Morgan fingerprint density at radius 3 is 1.76 bits per heavy atom. The number of carboxylic acids is 1. The molecule has 6 aromatic rings. The third kappa shape index (κ3) is 29.9. The number of aliphatic hydroxyl groups excluding tert-OH is 1. The molecule has 3 aromatic heterocycles. The lowest BCUT2D eigenvalue weighted by atomic mass is 9.89. The number of carboxylic acid groups (broad SMARTS) is 1. The zero-order valence-corrected chi connectivity index (χ0v) is 76.3. The minimum absolute atomic E-state index is 0.00262. The first-order valence-electron chi connectivity index (χ1n) is 44.3. The number of H-pyrrole nitrogens is 3. The molecule has 20 N–H and O–H groups in total. The molecule has 131 heavy (non-hydrogen) atoms. The minimum Gasteiger partial charge on any atom is -0.508 e. The van der Waals surface area contributed by atoms with Gasteiger partial charge < -0.3 is 115 Å². The third-order valence-corrected chi connectivity index (χ3v) is 24.5. The molecule has 14 atom stereocenters. The van der Waals surface area contributed by atoms with Crippen LogP contribution in [0.3, 0.4) is 0 Å².